The number of aromatic nitrogens is 3. The number of ether oxygens (including phenoxy) is 1. The van der Waals surface area contributed by atoms with Crippen LogP contribution in [0.4, 0.5) is 0 Å². The van der Waals surface area contributed by atoms with E-state index >= 15 is 0 Å². The predicted octanol–water partition coefficient (Wildman–Crippen LogP) is 1.97. The quantitative estimate of drug-likeness (QED) is 0.624. The Morgan fingerprint density at radius 3 is 2.81 bits per heavy atom. The van der Waals surface area contributed by atoms with Crippen LogP contribution in [0.5, 0.6) is 0 Å². The molecule has 0 atom stereocenters. The van der Waals surface area contributed by atoms with E-state index in [1.54, 1.807) is 6.20 Å². The van der Waals surface area contributed by atoms with Crippen molar-refractivity contribution in [2.45, 2.75) is 38.1 Å². The zero-order chi connectivity index (χ0) is 18.7. The molecule has 0 bridgehead atoms. The van der Waals surface area contributed by atoms with Gasteiger partial charge in [-0.3, -0.25) is 4.79 Å². The highest BCUT2D eigenvalue weighted by atomic mass is 16.5. The van der Waals surface area contributed by atoms with E-state index in [4.69, 9.17) is 4.74 Å². The number of benzene rings is 1. The first kappa shape index (κ1) is 19.5. The normalized spacial score (nSPS) is 15.0. The molecule has 1 aliphatic rings. The summed E-state index contributed by atoms with van der Waals surface area (Å²) in [6.45, 7) is 4.05. The van der Waals surface area contributed by atoms with Gasteiger partial charge in [0.25, 0.3) is 5.91 Å². The Kier molecular flexibility index (Phi) is 7.80. The summed E-state index contributed by atoms with van der Waals surface area (Å²) in [5, 5.41) is 14.4. The molecule has 1 amide bonds. The number of carbonyl (C=O) groups excluding carboxylic acids is 1. The second kappa shape index (κ2) is 10.8. The van der Waals surface area contributed by atoms with Crippen LogP contribution >= 0.6 is 0 Å². The minimum atomic E-state index is -0.153. The van der Waals surface area contributed by atoms with Crippen molar-refractivity contribution in [3.05, 3.63) is 47.8 Å². The second-order valence-corrected chi connectivity index (χ2v) is 6.88. The number of nitrogens with one attached hydrogen (secondary N) is 2. The molecule has 3 rings (SSSR count). The lowest BCUT2D eigenvalue weighted by atomic mass is 10.1. The molecule has 1 aromatic heterocycles. The van der Waals surface area contributed by atoms with Crippen LogP contribution in [-0.2, 0) is 11.2 Å². The van der Waals surface area contributed by atoms with E-state index in [9.17, 15) is 4.79 Å². The minimum absolute atomic E-state index is 0.153. The first-order chi connectivity index (χ1) is 13.3. The van der Waals surface area contributed by atoms with Crippen LogP contribution in [0.15, 0.2) is 36.5 Å². The largest absolute Gasteiger partial charge is 0.381 e. The van der Waals surface area contributed by atoms with Gasteiger partial charge in [-0.05, 0) is 50.8 Å². The van der Waals surface area contributed by atoms with Gasteiger partial charge in [-0.1, -0.05) is 35.5 Å². The van der Waals surface area contributed by atoms with E-state index in [-0.39, 0.29) is 5.91 Å². The summed E-state index contributed by atoms with van der Waals surface area (Å²) < 4.78 is 7.49. The number of carbonyl (C=O) groups is 1. The Hall–Kier alpha value is -2.25. The Morgan fingerprint density at radius 1 is 1.19 bits per heavy atom. The SMILES string of the molecule is O=C(NCCCCOCCc1ccccc1)c1cn(C2CCNCC2)nn1. The lowest BCUT2D eigenvalue weighted by Gasteiger charge is -2.22. The van der Waals surface area contributed by atoms with Crippen molar-refractivity contribution in [2.24, 2.45) is 0 Å². The summed E-state index contributed by atoms with van der Waals surface area (Å²) in [7, 11) is 0. The monoisotopic (exact) mass is 371 g/mol. The van der Waals surface area contributed by atoms with Gasteiger partial charge in [0, 0.05) is 13.2 Å². The van der Waals surface area contributed by atoms with Crippen molar-refractivity contribution in [2.75, 3.05) is 32.8 Å². The van der Waals surface area contributed by atoms with Crippen molar-refractivity contribution in [3.63, 3.8) is 0 Å². The molecular formula is C20H29N5O2. The summed E-state index contributed by atoms with van der Waals surface area (Å²) in [5.41, 5.74) is 1.69. The predicted molar refractivity (Wildman–Crippen MR) is 104 cm³/mol. The van der Waals surface area contributed by atoms with Crippen LogP contribution in [0.1, 0.15) is 47.8 Å². The number of hydrogen-bond donors (Lipinski definition) is 2. The Bertz CT molecular complexity index is 683. The summed E-state index contributed by atoms with van der Waals surface area (Å²) in [6.07, 6.45) is 6.56. The fraction of sp³-hybridized carbons (Fsp3) is 0.550. The molecule has 0 saturated carbocycles. The highest BCUT2D eigenvalue weighted by molar-refractivity contribution is 5.91. The Morgan fingerprint density at radius 2 is 2.00 bits per heavy atom. The fourth-order valence-electron chi connectivity index (χ4n) is 3.19. The topological polar surface area (TPSA) is 81.1 Å². The maximum atomic E-state index is 12.2. The number of rotatable bonds is 10. The summed E-state index contributed by atoms with van der Waals surface area (Å²) in [6, 6.07) is 10.7. The van der Waals surface area contributed by atoms with Gasteiger partial charge in [0.2, 0.25) is 0 Å². The molecule has 1 fully saturated rings. The molecule has 2 aromatic rings. The van der Waals surface area contributed by atoms with Gasteiger partial charge in [-0.25, -0.2) is 4.68 Å². The fourth-order valence-corrected chi connectivity index (χ4v) is 3.19. The van der Waals surface area contributed by atoms with Crippen molar-refractivity contribution in [3.8, 4) is 0 Å². The summed E-state index contributed by atoms with van der Waals surface area (Å²) in [5.74, 6) is -0.153. The highest BCUT2D eigenvalue weighted by Crippen LogP contribution is 2.16. The van der Waals surface area contributed by atoms with Gasteiger partial charge < -0.3 is 15.4 Å². The molecule has 0 spiro atoms. The maximum Gasteiger partial charge on any atom is 0.273 e. The van der Waals surface area contributed by atoms with E-state index in [1.807, 2.05) is 22.9 Å². The third kappa shape index (κ3) is 6.45. The standard InChI is InChI=1S/C20H29N5O2/c26-20(19-16-25(24-23-19)18-8-12-21-13-9-18)22-11-4-5-14-27-15-10-17-6-2-1-3-7-17/h1-3,6-7,16,18,21H,4-5,8-15H2,(H,22,26). The molecule has 27 heavy (non-hydrogen) atoms. The number of nitrogens with zero attached hydrogens (tertiary/aromatic N) is 3. The van der Waals surface area contributed by atoms with Crippen LogP contribution in [0.3, 0.4) is 0 Å². The first-order valence-electron chi connectivity index (χ1n) is 9.85. The molecule has 2 heterocycles. The van der Waals surface area contributed by atoms with Crippen molar-refractivity contribution >= 4 is 5.91 Å². The van der Waals surface area contributed by atoms with E-state index < -0.39 is 0 Å². The summed E-state index contributed by atoms with van der Waals surface area (Å²) >= 11 is 0. The number of piperidine rings is 1. The van der Waals surface area contributed by atoms with Gasteiger partial charge in [-0.2, -0.15) is 0 Å². The molecule has 146 valence electrons. The third-order valence-corrected chi connectivity index (χ3v) is 4.80. The first-order valence-corrected chi connectivity index (χ1v) is 9.85. The maximum absolute atomic E-state index is 12.2. The molecule has 1 saturated heterocycles. The average molecular weight is 371 g/mol. The van der Waals surface area contributed by atoms with Gasteiger partial charge in [-0.15, -0.1) is 5.10 Å². The molecule has 0 radical (unpaired) electrons. The van der Waals surface area contributed by atoms with Crippen LogP contribution in [0.25, 0.3) is 0 Å². The van der Waals surface area contributed by atoms with E-state index in [2.05, 4.69) is 33.1 Å². The van der Waals surface area contributed by atoms with Crippen LogP contribution in [-0.4, -0.2) is 53.7 Å². The van der Waals surface area contributed by atoms with Gasteiger partial charge in [0.1, 0.15) is 0 Å². The van der Waals surface area contributed by atoms with E-state index in [1.165, 1.54) is 5.56 Å². The smallest absolute Gasteiger partial charge is 0.273 e. The van der Waals surface area contributed by atoms with Crippen LogP contribution in [0, 0.1) is 0 Å². The third-order valence-electron chi connectivity index (χ3n) is 4.80. The highest BCUT2D eigenvalue weighted by Gasteiger charge is 2.18. The zero-order valence-corrected chi connectivity index (χ0v) is 15.8. The van der Waals surface area contributed by atoms with Crippen molar-refractivity contribution in [1.82, 2.24) is 25.6 Å². The Labute approximate surface area is 160 Å². The molecule has 7 nitrogen and oxygen atoms in total. The van der Waals surface area contributed by atoms with Crippen molar-refractivity contribution < 1.29 is 9.53 Å². The van der Waals surface area contributed by atoms with Crippen molar-refractivity contribution in [1.29, 1.82) is 0 Å². The minimum Gasteiger partial charge on any atom is -0.381 e. The van der Waals surface area contributed by atoms with E-state index in [0.29, 0.717) is 24.9 Å². The number of hydrogen-bond acceptors (Lipinski definition) is 5. The molecular weight excluding hydrogens is 342 g/mol. The van der Waals surface area contributed by atoms with E-state index in [0.717, 1.165) is 51.8 Å². The van der Waals surface area contributed by atoms with Crippen LogP contribution < -0.4 is 10.6 Å². The lowest BCUT2D eigenvalue weighted by Crippen LogP contribution is -2.29. The molecule has 1 aromatic carbocycles. The molecule has 0 unspecified atom stereocenters. The second-order valence-electron chi connectivity index (χ2n) is 6.88. The average Bonchev–Trinajstić information content (AvgIpc) is 3.22. The summed E-state index contributed by atoms with van der Waals surface area (Å²) in [4.78, 5) is 12.2. The van der Waals surface area contributed by atoms with Gasteiger partial charge in [0.15, 0.2) is 5.69 Å². The molecule has 2 N–H and O–H groups in total. The Balaban J connectivity index is 1.25. The molecule has 0 aliphatic carbocycles. The molecule has 1 aliphatic heterocycles. The number of unbranched alkanes of at least 4 members (excludes halogenated alkanes) is 1. The van der Waals surface area contributed by atoms with Gasteiger partial charge >= 0.3 is 0 Å². The lowest BCUT2D eigenvalue weighted by molar-refractivity contribution is 0.0943. The number of amides is 1. The zero-order valence-electron chi connectivity index (χ0n) is 15.8. The molecule has 7 heteroatoms. The van der Waals surface area contributed by atoms with Crippen LogP contribution in [0.2, 0.25) is 0 Å². The van der Waals surface area contributed by atoms with Gasteiger partial charge in [0.05, 0.1) is 18.8 Å².